The standard InChI is InChI=1S/C17H25NO2/c1-13-12-15(14-8-6-5-7-9-14)10-11-18(13)16(19)20-17(2,3)4/h5-9,13,15H,10-12H2,1-4H3/t13-,15?/m0/s1. The molecule has 1 aromatic rings. The topological polar surface area (TPSA) is 29.5 Å². The van der Waals surface area contributed by atoms with Gasteiger partial charge in [0.2, 0.25) is 0 Å². The molecule has 1 saturated heterocycles. The molecule has 0 bridgehead atoms. The maximum atomic E-state index is 12.2. The molecule has 1 aromatic carbocycles. The predicted molar refractivity (Wildman–Crippen MR) is 80.8 cm³/mol. The number of hydrogen-bond donors (Lipinski definition) is 0. The van der Waals surface area contributed by atoms with Crippen molar-refractivity contribution in [1.29, 1.82) is 0 Å². The van der Waals surface area contributed by atoms with Crippen LogP contribution in [0.3, 0.4) is 0 Å². The third kappa shape index (κ3) is 3.75. The fourth-order valence-corrected chi connectivity index (χ4v) is 2.79. The lowest BCUT2D eigenvalue weighted by Crippen LogP contribution is -2.46. The minimum atomic E-state index is -0.424. The highest BCUT2D eigenvalue weighted by Crippen LogP contribution is 2.32. The van der Waals surface area contributed by atoms with E-state index in [1.165, 1.54) is 5.56 Å². The van der Waals surface area contributed by atoms with Crippen molar-refractivity contribution < 1.29 is 9.53 Å². The second-order valence-electron chi connectivity index (χ2n) is 6.65. The highest BCUT2D eigenvalue weighted by atomic mass is 16.6. The zero-order chi connectivity index (χ0) is 14.8. The van der Waals surface area contributed by atoms with E-state index < -0.39 is 5.60 Å². The van der Waals surface area contributed by atoms with Crippen LogP contribution in [0.15, 0.2) is 30.3 Å². The molecule has 0 aromatic heterocycles. The van der Waals surface area contributed by atoms with E-state index in [9.17, 15) is 4.79 Å². The van der Waals surface area contributed by atoms with E-state index in [0.29, 0.717) is 5.92 Å². The van der Waals surface area contributed by atoms with E-state index in [4.69, 9.17) is 4.74 Å². The Morgan fingerprint density at radius 2 is 1.90 bits per heavy atom. The fourth-order valence-electron chi connectivity index (χ4n) is 2.79. The van der Waals surface area contributed by atoms with Crippen molar-refractivity contribution in [1.82, 2.24) is 4.90 Å². The number of hydrogen-bond acceptors (Lipinski definition) is 2. The molecular formula is C17H25NO2. The average molecular weight is 275 g/mol. The van der Waals surface area contributed by atoms with Gasteiger partial charge in [-0.15, -0.1) is 0 Å². The molecule has 0 spiro atoms. The molecule has 2 atom stereocenters. The van der Waals surface area contributed by atoms with Gasteiger partial charge in [0.1, 0.15) is 5.60 Å². The first-order valence-corrected chi connectivity index (χ1v) is 7.41. The van der Waals surface area contributed by atoms with Crippen LogP contribution in [-0.2, 0) is 4.74 Å². The minimum absolute atomic E-state index is 0.184. The van der Waals surface area contributed by atoms with Gasteiger partial charge in [-0.25, -0.2) is 4.79 Å². The van der Waals surface area contributed by atoms with Gasteiger partial charge < -0.3 is 9.64 Å². The number of piperidine rings is 1. The molecule has 1 unspecified atom stereocenters. The van der Waals surface area contributed by atoms with Crippen LogP contribution in [0.4, 0.5) is 4.79 Å². The maximum Gasteiger partial charge on any atom is 0.410 e. The van der Waals surface area contributed by atoms with E-state index in [-0.39, 0.29) is 12.1 Å². The van der Waals surface area contributed by atoms with E-state index in [1.807, 2.05) is 31.7 Å². The van der Waals surface area contributed by atoms with E-state index in [0.717, 1.165) is 19.4 Å². The van der Waals surface area contributed by atoms with Crippen LogP contribution in [0.25, 0.3) is 0 Å². The molecule has 1 amide bonds. The highest BCUT2D eigenvalue weighted by molar-refractivity contribution is 5.68. The lowest BCUT2D eigenvalue weighted by Gasteiger charge is -2.38. The molecule has 0 radical (unpaired) electrons. The predicted octanol–water partition coefficient (Wildman–Crippen LogP) is 4.19. The van der Waals surface area contributed by atoms with Crippen LogP contribution in [0.5, 0.6) is 0 Å². The van der Waals surface area contributed by atoms with Crippen molar-refractivity contribution in [3.8, 4) is 0 Å². The molecule has 1 aliphatic heterocycles. The van der Waals surface area contributed by atoms with Gasteiger partial charge in [0.05, 0.1) is 0 Å². The number of benzene rings is 1. The van der Waals surface area contributed by atoms with Crippen LogP contribution >= 0.6 is 0 Å². The number of likely N-dealkylation sites (tertiary alicyclic amines) is 1. The Bertz CT molecular complexity index is 450. The van der Waals surface area contributed by atoms with Gasteiger partial charge in [-0.05, 0) is 52.0 Å². The smallest absolute Gasteiger partial charge is 0.410 e. The molecule has 0 saturated carbocycles. The molecule has 110 valence electrons. The van der Waals surface area contributed by atoms with Gasteiger partial charge in [-0.1, -0.05) is 30.3 Å². The Labute approximate surface area is 121 Å². The zero-order valence-electron chi connectivity index (χ0n) is 12.9. The first-order chi connectivity index (χ1) is 9.37. The van der Waals surface area contributed by atoms with Crippen molar-refractivity contribution in [3.05, 3.63) is 35.9 Å². The molecule has 20 heavy (non-hydrogen) atoms. The van der Waals surface area contributed by atoms with Crippen molar-refractivity contribution in [2.45, 2.75) is 58.1 Å². The summed E-state index contributed by atoms with van der Waals surface area (Å²) < 4.78 is 5.48. The number of nitrogens with zero attached hydrogens (tertiary/aromatic N) is 1. The lowest BCUT2D eigenvalue weighted by molar-refractivity contribution is 0.0103. The maximum absolute atomic E-state index is 12.2. The summed E-state index contributed by atoms with van der Waals surface area (Å²) in [5.41, 5.74) is 0.954. The van der Waals surface area contributed by atoms with E-state index in [1.54, 1.807) is 0 Å². The van der Waals surface area contributed by atoms with Gasteiger partial charge in [0, 0.05) is 12.6 Å². The summed E-state index contributed by atoms with van der Waals surface area (Å²) in [5.74, 6) is 0.546. The highest BCUT2D eigenvalue weighted by Gasteiger charge is 2.32. The Morgan fingerprint density at radius 3 is 2.45 bits per heavy atom. The molecule has 1 heterocycles. The quantitative estimate of drug-likeness (QED) is 0.769. The normalized spacial score (nSPS) is 23.5. The van der Waals surface area contributed by atoms with Crippen LogP contribution in [0.2, 0.25) is 0 Å². The van der Waals surface area contributed by atoms with E-state index in [2.05, 4.69) is 31.2 Å². The first kappa shape index (κ1) is 14.9. The van der Waals surface area contributed by atoms with E-state index >= 15 is 0 Å². The van der Waals surface area contributed by atoms with Crippen LogP contribution in [0.1, 0.15) is 52.0 Å². The number of carbonyl (C=O) groups excluding carboxylic acids is 1. The lowest BCUT2D eigenvalue weighted by atomic mass is 9.86. The summed E-state index contributed by atoms with van der Waals surface area (Å²) in [7, 11) is 0. The SMILES string of the molecule is C[C@H]1CC(c2ccccc2)CCN1C(=O)OC(C)(C)C. The molecule has 0 aliphatic carbocycles. The summed E-state index contributed by atoms with van der Waals surface area (Å²) in [4.78, 5) is 14.0. The monoisotopic (exact) mass is 275 g/mol. The molecule has 1 fully saturated rings. The summed E-state index contributed by atoms with van der Waals surface area (Å²) in [6.07, 6.45) is 1.83. The average Bonchev–Trinajstić information content (AvgIpc) is 2.37. The van der Waals surface area contributed by atoms with Gasteiger partial charge in [-0.2, -0.15) is 0 Å². The van der Waals surface area contributed by atoms with Gasteiger partial charge in [-0.3, -0.25) is 0 Å². The molecule has 1 aliphatic rings. The second kappa shape index (κ2) is 5.86. The number of ether oxygens (including phenoxy) is 1. The summed E-state index contributed by atoms with van der Waals surface area (Å²) in [6.45, 7) is 8.61. The third-order valence-electron chi connectivity index (χ3n) is 3.78. The zero-order valence-corrected chi connectivity index (χ0v) is 12.9. The number of rotatable bonds is 1. The van der Waals surface area contributed by atoms with Gasteiger partial charge >= 0.3 is 6.09 Å². The Balaban J connectivity index is 1.98. The summed E-state index contributed by atoms with van der Waals surface area (Å²) in [5, 5.41) is 0. The van der Waals surface area contributed by atoms with Crippen molar-refractivity contribution >= 4 is 6.09 Å². The second-order valence-corrected chi connectivity index (χ2v) is 6.65. The minimum Gasteiger partial charge on any atom is -0.444 e. The fraction of sp³-hybridized carbons (Fsp3) is 0.588. The van der Waals surface area contributed by atoms with Gasteiger partial charge in [0.25, 0.3) is 0 Å². The third-order valence-corrected chi connectivity index (χ3v) is 3.78. The van der Waals surface area contributed by atoms with Crippen molar-refractivity contribution in [3.63, 3.8) is 0 Å². The number of carbonyl (C=O) groups is 1. The molecule has 3 nitrogen and oxygen atoms in total. The largest absolute Gasteiger partial charge is 0.444 e. The van der Waals surface area contributed by atoms with Crippen LogP contribution < -0.4 is 0 Å². The Kier molecular flexibility index (Phi) is 4.36. The Hall–Kier alpha value is -1.51. The summed E-state index contributed by atoms with van der Waals surface area (Å²) in [6, 6.07) is 10.8. The van der Waals surface area contributed by atoms with Crippen molar-refractivity contribution in [2.24, 2.45) is 0 Å². The molecular weight excluding hydrogens is 250 g/mol. The molecule has 3 heteroatoms. The summed E-state index contributed by atoms with van der Waals surface area (Å²) >= 11 is 0. The molecule has 0 N–H and O–H groups in total. The van der Waals surface area contributed by atoms with Gasteiger partial charge in [0.15, 0.2) is 0 Å². The first-order valence-electron chi connectivity index (χ1n) is 7.41. The Morgan fingerprint density at radius 1 is 1.25 bits per heavy atom. The molecule has 2 rings (SSSR count). The van der Waals surface area contributed by atoms with Crippen molar-refractivity contribution in [2.75, 3.05) is 6.54 Å². The number of amides is 1. The van der Waals surface area contributed by atoms with Crippen LogP contribution in [-0.4, -0.2) is 29.2 Å². The van der Waals surface area contributed by atoms with Crippen LogP contribution in [0, 0.1) is 0 Å².